The van der Waals surface area contributed by atoms with E-state index in [0.717, 1.165) is 29.4 Å². The molecule has 0 unspecified atom stereocenters. The monoisotopic (exact) mass is 390 g/mol. The summed E-state index contributed by atoms with van der Waals surface area (Å²) in [4.78, 5) is 12.2. The molecule has 1 aromatic heterocycles. The third kappa shape index (κ3) is 4.89. The lowest BCUT2D eigenvalue weighted by Gasteiger charge is -2.08. The van der Waals surface area contributed by atoms with Gasteiger partial charge in [0, 0.05) is 12.2 Å². The highest BCUT2D eigenvalue weighted by molar-refractivity contribution is 7.99. The maximum atomic E-state index is 12.2. The summed E-state index contributed by atoms with van der Waals surface area (Å²) in [6, 6.07) is 20.1. The number of hydrogen-bond acceptors (Lipinski definition) is 5. The largest absolute Gasteiger partial charge is 0.365 e. The third-order valence-electron chi connectivity index (χ3n) is 4.69. The first-order valence-electron chi connectivity index (χ1n) is 9.42. The lowest BCUT2D eigenvalue weighted by molar-refractivity contribution is -0.113. The predicted octanol–water partition coefficient (Wildman–Crippen LogP) is 4.31. The van der Waals surface area contributed by atoms with Crippen LogP contribution in [-0.4, -0.2) is 21.9 Å². The molecular weight excluding hydrogens is 368 g/mol. The van der Waals surface area contributed by atoms with Crippen LogP contribution >= 0.6 is 11.8 Å². The molecular formula is C22H22N4OS. The van der Waals surface area contributed by atoms with E-state index in [0.29, 0.717) is 12.3 Å². The molecule has 1 aliphatic carbocycles. The van der Waals surface area contributed by atoms with Crippen molar-refractivity contribution in [2.45, 2.75) is 30.8 Å². The van der Waals surface area contributed by atoms with Crippen molar-refractivity contribution in [2.75, 3.05) is 16.4 Å². The smallest absolute Gasteiger partial charge is 0.234 e. The number of thioether (sulfide) groups is 1. The van der Waals surface area contributed by atoms with Gasteiger partial charge in [0.15, 0.2) is 0 Å². The number of rotatable bonds is 7. The van der Waals surface area contributed by atoms with Gasteiger partial charge < -0.3 is 10.6 Å². The number of benzene rings is 2. The number of nitrogens with zero attached hydrogens (tertiary/aromatic N) is 2. The first-order chi connectivity index (χ1) is 13.8. The molecule has 5 nitrogen and oxygen atoms in total. The molecule has 0 saturated carbocycles. The zero-order valence-corrected chi connectivity index (χ0v) is 16.3. The molecule has 2 aromatic carbocycles. The first kappa shape index (κ1) is 18.5. The maximum Gasteiger partial charge on any atom is 0.234 e. The van der Waals surface area contributed by atoms with Crippen LogP contribution < -0.4 is 10.6 Å². The van der Waals surface area contributed by atoms with Crippen molar-refractivity contribution in [1.29, 1.82) is 0 Å². The fourth-order valence-electron chi connectivity index (χ4n) is 3.27. The van der Waals surface area contributed by atoms with Crippen molar-refractivity contribution in [2.24, 2.45) is 0 Å². The number of carbonyl (C=O) groups excluding carboxylic acids is 1. The SMILES string of the molecule is O=C(CSc1ccc(NCc2ccccc2)nn1)Nc1ccc2c(c1)CCC2. The standard InChI is InChI=1S/C22H22N4OS/c27-21(24-19-10-9-17-7-4-8-18(17)13-19)15-28-22-12-11-20(25-26-22)23-14-16-5-2-1-3-6-16/h1-3,5-6,9-13H,4,7-8,14-15H2,(H,23,25)(H,24,27). The summed E-state index contributed by atoms with van der Waals surface area (Å²) in [5.74, 6) is 0.995. The van der Waals surface area contributed by atoms with Gasteiger partial charge in [0.25, 0.3) is 0 Å². The number of carbonyl (C=O) groups is 1. The van der Waals surface area contributed by atoms with Crippen molar-refractivity contribution in [3.05, 3.63) is 77.4 Å². The maximum absolute atomic E-state index is 12.2. The van der Waals surface area contributed by atoms with E-state index in [1.165, 1.54) is 34.9 Å². The zero-order valence-electron chi connectivity index (χ0n) is 15.5. The number of amides is 1. The Morgan fingerprint density at radius 3 is 2.64 bits per heavy atom. The number of nitrogens with one attached hydrogen (secondary N) is 2. The lowest BCUT2D eigenvalue weighted by Crippen LogP contribution is -2.14. The third-order valence-corrected chi connectivity index (χ3v) is 5.61. The van der Waals surface area contributed by atoms with Crippen LogP contribution in [0.15, 0.2) is 65.7 Å². The molecule has 1 heterocycles. The summed E-state index contributed by atoms with van der Waals surface area (Å²) >= 11 is 1.38. The number of hydrogen-bond donors (Lipinski definition) is 2. The topological polar surface area (TPSA) is 66.9 Å². The molecule has 0 atom stereocenters. The minimum absolute atomic E-state index is 0.0315. The number of fused-ring (bicyclic) bond motifs is 1. The average molecular weight is 391 g/mol. The summed E-state index contributed by atoms with van der Waals surface area (Å²) in [6.45, 7) is 0.700. The Morgan fingerprint density at radius 1 is 0.964 bits per heavy atom. The van der Waals surface area contributed by atoms with E-state index in [9.17, 15) is 4.79 Å². The fraction of sp³-hybridized carbons (Fsp3) is 0.227. The molecule has 0 bridgehead atoms. The summed E-state index contributed by atoms with van der Waals surface area (Å²) < 4.78 is 0. The van der Waals surface area contributed by atoms with E-state index >= 15 is 0 Å². The average Bonchev–Trinajstić information content (AvgIpc) is 3.20. The molecule has 0 aliphatic heterocycles. The van der Waals surface area contributed by atoms with Crippen LogP contribution in [0.3, 0.4) is 0 Å². The highest BCUT2D eigenvalue weighted by Crippen LogP contribution is 2.25. The Kier molecular flexibility index (Phi) is 5.87. The molecule has 0 saturated heterocycles. The Morgan fingerprint density at radius 2 is 1.82 bits per heavy atom. The van der Waals surface area contributed by atoms with Crippen LogP contribution in [-0.2, 0) is 24.2 Å². The first-order valence-corrected chi connectivity index (χ1v) is 10.4. The molecule has 4 rings (SSSR count). The van der Waals surface area contributed by atoms with Crippen molar-refractivity contribution in [3.8, 4) is 0 Å². The van der Waals surface area contributed by atoms with Gasteiger partial charge in [-0.15, -0.1) is 10.2 Å². The molecule has 0 spiro atoms. The van der Waals surface area contributed by atoms with Gasteiger partial charge >= 0.3 is 0 Å². The summed E-state index contributed by atoms with van der Waals surface area (Å²) in [5, 5.41) is 15.3. The summed E-state index contributed by atoms with van der Waals surface area (Å²) in [7, 11) is 0. The van der Waals surface area contributed by atoms with E-state index < -0.39 is 0 Å². The van der Waals surface area contributed by atoms with E-state index in [4.69, 9.17) is 0 Å². The van der Waals surface area contributed by atoms with Gasteiger partial charge in [0.05, 0.1) is 5.75 Å². The van der Waals surface area contributed by atoms with Crippen LogP contribution in [0.5, 0.6) is 0 Å². The minimum Gasteiger partial charge on any atom is -0.365 e. The molecule has 1 amide bonds. The second-order valence-electron chi connectivity index (χ2n) is 6.77. The highest BCUT2D eigenvalue weighted by atomic mass is 32.2. The van der Waals surface area contributed by atoms with Gasteiger partial charge in [0.2, 0.25) is 5.91 Å². The molecule has 6 heteroatoms. The van der Waals surface area contributed by atoms with E-state index in [1.807, 2.05) is 36.4 Å². The summed E-state index contributed by atoms with van der Waals surface area (Å²) in [5.41, 5.74) is 4.82. The Bertz CT molecular complexity index is 945. The highest BCUT2D eigenvalue weighted by Gasteiger charge is 2.12. The van der Waals surface area contributed by atoms with Gasteiger partial charge in [-0.25, -0.2) is 0 Å². The van der Waals surface area contributed by atoms with Crippen LogP contribution in [0.25, 0.3) is 0 Å². The van der Waals surface area contributed by atoms with Crippen molar-refractivity contribution in [3.63, 3.8) is 0 Å². The normalized spacial score (nSPS) is 12.4. The molecule has 142 valence electrons. The Balaban J connectivity index is 1.24. The van der Waals surface area contributed by atoms with E-state index in [1.54, 1.807) is 0 Å². The molecule has 2 N–H and O–H groups in total. The zero-order chi connectivity index (χ0) is 19.2. The molecule has 1 aliphatic rings. The van der Waals surface area contributed by atoms with Gasteiger partial charge in [-0.05, 0) is 60.2 Å². The van der Waals surface area contributed by atoms with Gasteiger partial charge in [-0.3, -0.25) is 4.79 Å². The van der Waals surface area contributed by atoms with Gasteiger partial charge in [-0.1, -0.05) is 48.2 Å². The number of aromatic nitrogens is 2. The number of anilines is 2. The van der Waals surface area contributed by atoms with E-state index in [2.05, 4.69) is 45.1 Å². The molecule has 0 radical (unpaired) electrons. The van der Waals surface area contributed by atoms with Crippen LogP contribution in [0.1, 0.15) is 23.1 Å². The molecule has 0 fully saturated rings. The van der Waals surface area contributed by atoms with Crippen LogP contribution in [0.2, 0.25) is 0 Å². The number of aryl methyl sites for hydroxylation is 2. The fourth-order valence-corrected chi connectivity index (χ4v) is 3.88. The van der Waals surface area contributed by atoms with Crippen molar-refractivity contribution >= 4 is 29.2 Å². The van der Waals surface area contributed by atoms with Crippen LogP contribution in [0.4, 0.5) is 11.5 Å². The van der Waals surface area contributed by atoms with Gasteiger partial charge in [-0.2, -0.15) is 0 Å². The Labute approximate surface area is 169 Å². The van der Waals surface area contributed by atoms with Crippen LogP contribution in [0, 0.1) is 0 Å². The quantitative estimate of drug-likeness (QED) is 0.589. The van der Waals surface area contributed by atoms with Crippen molar-refractivity contribution < 1.29 is 4.79 Å². The Hall–Kier alpha value is -2.86. The predicted molar refractivity (Wildman–Crippen MR) is 114 cm³/mol. The second-order valence-corrected chi connectivity index (χ2v) is 7.77. The van der Waals surface area contributed by atoms with Crippen molar-refractivity contribution in [1.82, 2.24) is 10.2 Å². The summed E-state index contributed by atoms with van der Waals surface area (Å²) in [6.07, 6.45) is 3.46. The molecule has 3 aromatic rings. The lowest BCUT2D eigenvalue weighted by atomic mass is 10.1. The van der Waals surface area contributed by atoms with Gasteiger partial charge in [0.1, 0.15) is 10.8 Å². The second kappa shape index (κ2) is 8.89. The van der Waals surface area contributed by atoms with E-state index in [-0.39, 0.29) is 5.91 Å². The molecule has 28 heavy (non-hydrogen) atoms. The minimum atomic E-state index is -0.0315.